The van der Waals surface area contributed by atoms with Crippen molar-refractivity contribution >= 4 is 0 Å². The van der Waals surface area contributed by atoms with Crippen molar-refractivity contribution < 1.29 is 5.11 Å². The van der Waals surface area contributed by atoms with Gasteiger partial charge in [0, 0.05) is 12.1 Å². The van der Waals surface area contributed by atoms with E-state index in [0.717, 1.165) is 12.3 Å². The second-order valence-corrected chi connectivity index (χ2v) is 5.60. The van der Waals surface area contributed by atoms with E-state index in [4.69, 9.17) is 0 Å². The van der Waals surface area contributed by atoms with Gasteiger partial charge in [-0.2, -0.15) is 0 Å². The fraction of sp³-hybridized carbons (Fsp3) is 0.625. The fourth-order valence-corrected chi connectivity index (χ4v) is 2.94. The summed E-state index contributed by atoms with van der Waals surface area (Å²) in [7, 11) is 0. The van der Waals surface area contributed by atoms with Crippen molar-refractivity contribution in [2.75, 3.05) is 6.61 Å². The van der Waals surface area contributed by atoms with Crippen LogP contribution in [0.2, 0.25) is 0 Å². The van der Waals surface area contributed by atoms with Gasteiger partial charge in [0.25, 0.3) is 0 Å². The van der Waals surface area contributed by atoms with Gasteiger partial charge in [0.2, 0.25) is 0 Å². The van der Waals surface area contributed by atoms with Crippen LogP contribution in [0, 0.1) is 5.92 Å². The van der Waals surface area contributed by atoms with Crippen molar-refractivity contribution in [3.8, 4) is 0 Å². The highest BCUT2D eigenvalue weighted by Gasteiger charge is 2.23. The quantitative estimate of drug-likeness (QED) is 0.838. The Hall–Kier alpha value is -0.860. The Bertz CT molecular complexity index is 338. The zero-order valence-corrected chi connectivity index (χ0v) is 11.3. The maximum absolute atomic E-state index is 9.54. The van der Waals surface area contributed by atoms with E-state index >= 15 is 0 Å². The van der Waals surface area contributed by atoms with Crippen LogP contribution < -0.4 is 5.32 Å². The van der Waals surface area contributed by atoms with Crippen LogP contribution in [-0.4, -0.2) is 23.8 Å². The molecule has 18 heavy (non-hydrogen) atoms. The molecular weight excluding hydrogens is 222 g/mol. The Kier molecular flexibility index (Phi) is 5.21. The fourth-order valence-electron chi connectivity index (χ4n) is 2.94. The van der Waals surface area contributed by atoms with Crippen molar-refractivity contribution in [3.63, 3.8) is 0 Å². The molecule has 0 aromatic heterocycles. The van der Waals surface area contributed by atoms with Gasteiger partial charge in [-0.1, -0.05) is 50.1 Å². The van der Waals surface area contributed by atoms with E-state index in [0.29, 0.717) is 6.04 Å². The third-order valence-corrected chi connectivity index (χ3v) is 4.11. The summed E-state index contributed by atoms with van der Waals surface area (Å²) in [6.07, 6.45) is 6.18. The van der Waals surface area contributed by atoms with Crippen molar-refractivity contribution in [2.45, 2.75) is 51.1 Å². The van der Waals surface area contributed by atoms with E-state index in [2.05, 4.69) is 36.5 Å². The number of aliphatic hydroxyl groups is 1. The Morgan fingerprint density at radius 3 is 2.61 bits per heavy atom. The van der Waals surface area contributed by atoms with E-state index in [-0.39, 0.29) is 12.6 Å². The average Bonchev–Trinajstić information content (AvgIpc) is 2.41. The molecule has 0 aliphatic heterocycles. The number of rotatable bonds is 5. The molecular formula is C16H25NO. The normalized spacial score (nSPS) is 25.9. The molecule has 1 aliphatic carbocycles. The first-order valence-corrected chi connectivity index (χ1v) is 7.20. The van der Waals surface area contributed by atoms with Crippen molar-refractivity contribution in [3.05, 3.63) is 35.9 Å². The molecule has 2 heteroatoms. The molecule has 2 unspecified atom stereocenters. The zero-order valence-electron chi connectivity index (χ0n) is 11.3. The number of benzene rings is 1. The number of aliphatic hydroxyl groups excluding tert-OH is 1. The molecule has 0 spiro atoms. The van der Waals surface area contributed by atoms with Gasteiger partial charge in [-0.25, -0.2) is 0 Å². The Balaban J connectivity index is 1.88. The minimum atomic E-state index is 0.193. The van der Waals surface area contributed by atoms with E-state index in [1.807, 2.05) is 6.07 Å². The molecule has 2 rings (SSSR count). The molecule has 100 valence electrons. The summed E-state index contributed by atoms with van der Waals surface area (Å²) in [5, 5.41) is 13.2. The van der Waals surface area contributed by atoms with Crippen LogP contribution in [-0.2, 0) is 6.42 Å². The van der Waals surface area contributed by atoms with Gasteiger partial charge in [-0.05, 0) is 30.7 Å². The van der Waals surface area contributed by atoms with Crippen LogP contribution in [0.5, 0.6) is 0 Å². The summed E-state index contributed by atoms with van der Waals surface area (Å²) in [6.45, 7) is 2.55. The van der Waals surface area contributed by atoms with Crippen LogP contribution in [0.25, 0.3) is 0 Å². The summed E-state index contributed by atoms with van der Waals surface area (Å²) >= 11 is 0. The maximum Gasteiger partial charge on any atom is 0.0587 e. The Morgan fingerprint density at radius 2 is 1.94 bits per heavy atom. The molecule has 1 saturated carbocycles. The molecule has 0 amide bonds. The van der Waals surface area contributed by atoms with Crippen LogP contribution in [0.15, 0.2) is 30.3 Å². The van der Waals surface area contributed by atoms with E-state index in [9.17, 15) is 5.11 Å². The van der Waals surface area contributed by atoms with Crippen molar-refractivity contribution in [2.24, 2.45) is 5.92 Å². The van der Waals surface area contributed by atoms with Crippen LogP contribution in [0.4, 0.5) is 0 Å². The predicted octanol–water partition coefficient (Wildman–Crippen LogP) is 2.76. The van der Waals surface area contributed by atoms with Gasteiger partial charge < -0.3 is 10.4 Å². The average molecular weight is 247 g/mol. The Labute approximate surface area is 110 Å². The summed E-state index contributed by atoms with van der Waals surface area (Å²) in [5.41, 5.74) is 1.30. The zero-order chi connectivity index (χ0) is 12.8. The number of hydrogen-bond acceptors (Lipinski definition) is 2. The first-order chi connectivity index (χ1) is 8.79. The standard InChI is InChI=1S/C16H25NO/c1-13-7-5-6-10-16(13)17-15(12-18)11-14-8-3-2-4-9-14/h2-4,8-9,13,15-18H,5-7,10-12H2,1H3/t13?,15-,16?/m1/s1. The second kappa shape index (κ2) is 6.91. The minimum absolute atomic E-state index is 0.193. The second-order valence-electron chi connectivity index (χ2n) is 5.60. The molecule has 0 heterocycles. The molecule has 1 aromatic rings. The van der Waals surface area contributed by atoms with E-state index in [1.54, 1.807) is 0 Å². The molecule has 3 atom stereocenters. The smallest absolute Gasteiger partial charge is 0.0587 e. The monoisotopic (exact) mass is 247 g/mol. The van der Waals surface area contributed by atoms with Crippen LogP contribution in [0.1, 0.15) is 38.2 Å². The third kappa shape index (κ3) is 3.82. The topological polar surface area (TPSA) is 32.3 Å². The summed E-state index contributed by atoms with van der Waals surface area (Å²) in [6, 6.07) is 11.2. The molecule has 1 aliphatic rings. The number of hydrogen-bond donors (Lipinski definition) is 2. The summed E-state index contributed by atoms with van der Waals surface area (Å²) in [4.78, 5) is 0. The van der Waals surface area contributed by atoms with Crippen molar-refractivity contribution in [1.29, 1.82) is 0 Å². The number of nitrogens with one attached hydrogen (secondary N) is 1. The lowest BCUT2D eigenvalue weighted by atomic mass is 9.85. The lowest BCUT2D eigenvalue weighted by Gasteiger charge is -2.33. The lowest BCUT2D eigenvalue weighted by Crippen LogP contribution is -2.46. The predicted molar refractivity (Wildman–Crippen MR) is 75.6 cm³/mol. The van der Waals surface area contributed by atoms with Gasteiger partial charge in [0.15, 0.2) is 0 Å². The van der Waals surface area contributed by atoms with Crippen LogP contribution in [0.3, 0.4) is 0 Å². The molecule has 2 nitrogen and oxygen atoms in total. The lowest BCUT2D eigenvalue weighted by molar-refractivity contribution is 0.195. The molecule has 0 radical (unpaired) electrons. The first-order valence-electron chi connectivity index (χ1n) is 7.20. The highest BCUT2D eigenvalue weighted by atomic mass is 16.3. The highest BCUT2D eigenvalue weighted by molar-refractivity contribution is 5.16. The molecule has 0 saturated heterocycles. The van der Waals surface area contributed by atoms with Gasteiger partial charge in [0.05, 0.1) is 6.61 Å². The Morgan fingerprint density at radius 1 is 1.22 bits per heavy atom. The maximum atomic E-state index is 9.54. The molecule has 1 aromatic carbocycles. The van der Waals surface area contributed by atoms with Gasteiger partial charge in [0.1, 0.15) is 0 Å². The minimum Gasteiger partial charge on any atom is -0.395 e. The molecule has 2 N–H and O–H groups in total. The molecule has 1 fully saturated rings. The van der Waals surface area contributed by atoms with Gasteiger partial charge in [-0.3, -0.25) is 0 Å². The third-order valence-electron chi connectivity index (χ3n) is 4.11. The molecule has 0 bridgehead atoms. The van der Waals surface area contributed by atoms with Gasteiger partial charge >= 0.3 is 0 Å². The van der Waals surface area contributed by atoms with E-state index < -0.39 is 0 Å². The summed E-state index contributed by atoms with van der Waals surface area (Å²) < 4.78 is 0. The first kappa shape index (κ1) is 13.6. The van der Waals surface area contributed by atoms with Gasteiger partial charge in [-0.15, -0.1) is 0 Å². The van der Waals surface area contributed by atoms with E-state index in [1.165, 1.54) is 31.2 Å². The highest BCUT2D eigenvalue weighted by Crippen LogP contribution is 2.24. The van der Waals surface area contributed by atoms with Crippen molar-refractivity contribution in [1.82, 2.24) is 5.32 Å². The summed E-state index contributed by atoms with van der Waals surface area (Å²) in [5.74, 6) is 0.739. The van der Waals surface area contributed by atoms with Crippen LogP contribution >= 0.6 is 0 Å². The largest absolute Gasteiger partial charge is 0.395 e. The SMILES string of the molecule is CC1CCCCC1N[C@@H](CO)Cc1ccccc1.